The van der Waals surface area contributed by atoms with Gasteiger partial charge in [-0.3, -0.25) is 0 Å². The molecule has 1 aliphatic rings. The summed E-state index contributed by atoms with van der Waals surface area (Å²) in [5, 5.41) is 0. The van der Waals surface area contributed by atoms with Crippen LogP contribution < -0.4 is 9.88 Å². The summed E-state index contributed by atoms with van der Waals surface area (Å²) < 4.78 is 0. The van der Waals surface area contributed by atoms with Crippen LogP contribution in [-0.4, -0.2) is 13.1 Å². The number of anilines is 1. The monoisotopic (exact) mass is 602 g/mol. The molecule has 1 heterocycles. The Labute approximate surface area is 273 Å². The Morgan fingerprint density at radius 2 is 1.11 bits per heavy atom. The number of rotatable bonds is 25. The van der Waals surface area contributed by atoms with Gasteiger partial charge < -0.3 is 4.90 Å². The van der Waals surface area contributed by atoms with Crippen LogP contribution in [0.5, 0.6) is 0 Å². The van der Waals surface area contributed by atoms with Gasteiger partial charge in [-0.05, 0) is 67.4 Å². The molecule has 2 nitrogen and oxygen atoms in total. The lowest BCUT2D eigenvalue weighted by Gasteiger charge is -2.25. The summed E-state index contributed by atoms with van der Waals surface area (Å²) >= 11 is 0. The highest BCUT2D eigenvalue weighted by Crippen LogP contribution is 2.33. The molecule has 0 amide bonds. The minimum Gasteiger partial charge on any atom is -0.372 e. The summed E-state index contributed by atoms with van der Waals surface area (Å²) in [4.78, 5) is 6.24. The van der Waals surface area contributed by atoms with Crippen molar-refractivity contribution in [1.82, 2.24) is 0 Å². The molecular weight excluding hydrogens is 532 g/mol. The molecule has 1 aromatic heterocycles. The van der Waals surface area contributed by atoms with Gasteiger partial charge in [-0.2, -0.15) is 0 Å². The first-order chi connectivity index (χ1) is 21.8. The maximum Gasteiger partial charge on any atom is 0.183 e. The molecule has 1 aliphatic carbocycles. The van der Waals surface area contributed by atoms with Crippen LogP contribution >= 0.6 is 0 Å². The highest BCUT2D eigenvalue weighted by molar-refractivity contribution is 5.84. The number of unbranched alkanes of at least 4 members (excludes halogenated alkanes) is 17. The molecule has 2 aromatic rings. The number of nitrogens with zero attached hydrogens (tertiary/aromatic N) is 1. The van der Waals surface area contributed by atoms with E-state index < -0.39 is 0 Å². The predicted molar refractivity (Wildman–Crippen MR) is 196 cm³/mol. The molecule has 0 bridgehead atoms. The molecule has 2 heteroatoms. The first kappa shape index (κ1) is 36.4. The largest absolute Gasteiger partial charge is 0.372 e. The van der Waals surface area contributed by atoms with Gasteiger partial charge in [0.25, 0.3) is 0 Å². The second-order valence-corrected chi connectivity index (χ2v) is 13.7. The third kappa shape index (κ3) is 13.9. The van der Waals surface area contributed by atoms with E-state index in [1.165, 1.54) is 195 Å². The van der Waals surface area contributed by atoms with Crippen LogP contribution in [0.25, 0.3) is 11.6 Å². The summed E-state index contributed by atoms with van der Waals surface area (Å²) in [6, 6.07) is 11.7. The smallest absolute Gasteiger partial charge is 0.183 e. The number of aryl methyl sites for hydroxylation is 1. The fraction of sp³-hybridized carbons (Fsp3) is 0.690. The molecule has 0 atom stereocenters. The van der Waals surface area contributed by atoms with Crippen molar-refractivity contribution in [3.63, 3.8) is 0 Å². The molecule has 246 valence electrons. The third-order valence-corrected chi connectivity index (χ3v) is 9.86. The molecule has 3 rings (SSSR count). The van der Waals surface area contributed by atoms with Gasteiger partial charge in [-0.25, -0.2) is 4.98 Å². The van der Waals surface area contributed by atoms with Crippen molar-refractivity contribution in [2.24, 2.45) is 0 Å². The summed E-state index contributed by atoms with van der Waals surface area (Å²) in [6.07, 6.45) is 37.5. The quantitative estimate of drug-likeness (QED) is 0.103. The first-order valence-electron chi connectivity index (χ1n) is 19.3. The Hall–Kier alpha value is -2.09. The lowest BCUT2D eigenvalue weighted by atomic mass is 9.85. The Kier molecular flexibility index (Phi) is 19.2. The van der Waals surface area contributed by atoms with E-state index in [0.29, 0.717) is 0 Å². The van der Waals surface area contributed by atoms with Gasteiger partial charge in [-0.1, -0.05) is 148 Å². The van der Waals surface area contributed by atoms with Gasteiger partial charge in [0.15, 0.2) is 11.9 Å². The van der Waals surface area contributed by atoms with E-state index >= 15 is 0 Å². The molecule has 0 aliphatic heterocycles. The molecule has 0 saturated carbocycles. The van der Waals surface area contributed by atoms with Crippen molar-refractivity contribution in [2.45, 2.75) is 175 Å². The normalized spacial score (nSPS) is 13.8. The van der Waals surface area contributed by atoms with E-state index in [-0.39, 0.29) is 0 Å². The summed E-state index contributed by atoms with van der Waals surface area (Å²) in [5.74, 6) is 0. The van der Waals surface area contributed by atoms with Crippen LogP contribution in [0.15, 0.2) is 36.5 Å². The number of allylic oxidation sites excluding steroid dienone is 1. The first-order valence-corrected chi connectivity index (χ1v) is 19.3. The van der Waals surface area contributed by atoms with Gasteiger partial charge in [0.05, 0.1) is 0 Å². The number of H-pyrrole nitrogens is 1. The van der Waals surface area contributed by atoms with E-state index in [1.807, 2.05) is 0 Å². The molecule has 0 unspecified atom stereocenters. The fourth-order valence-electron chi connectivity index (χ4n) is 7.03. The maximum atomic E-state index is 3.65. The van der Waals surface area contributed by atoms with Crippen LogP contribution in [0.3, 0.4) is 0 Å². The fourth-order valence-corrected chi connectivity index (χ4v) is 7.03. The minimum atomic E-state index is 1.17. The van der Waals surface area contributed by atoms with Crippen molar-refractivity contribution in [1.29, 1.82) is 0 Å². The number of aromatic amines is 1. The third-order valence-electron chi connectivity index (χ3n) is 9.86. The molecule has 1 N–H and O–H groups in total. The highest BCUT2D eigenvalue weighted by atomic mass is 15.1. The predicted octanol–water partition coefficient (Wildman–Crippen LogP) is 12.6. The lowest BCUT2D eigenvalue weighted by Crippen LogP contribution is -2.25. The number of nitrogens with one attached hydrogen (secondary N) is 1. The van der Waals surface area contributed by atoms with Crippen LogP contribution in [0.1, 0.15) is 184 Å². The molecule has 0 spiro atoms. The molecule has 0 fully saturated rings. The summed E-state index contributed by atoms with van der Waals surface area (Å²) in [7, 11) is 0. The molecule has 0 radical (unpaired) electrons. The van der Waals surface area contributed by atoms with Crippen LogP contribution in [0, 0.1) is 0 Å². The average Bonchev–Trinajstić information content (AvgIpc) is 3.05. The number of fused-ring (bicyclic) bond motifs is 1. The Balaban J connectivity index is 1.37. The Bertz CT molecular complexity index is 1010. The SMILES string of the molecule is CCCCCCCCCCCCCCCCCCc1[nH+]ccc2c1CCC/C2=C\c1ccc(N(CCCC)CCCC)cc1. The van der Waals surface area contributed by atoms with Gasteiger partial charge >= 0.3 is 0 Å². The number of aromatic nitrogens is 1. The van der Waals surface area contributed by atoms with Crippen molar-refractivity contribution in [3.05, 3.63) is 58.9 Å². The number of hydrogen-bond donors (Lipinski definition) is 0. The lowest BCUT2D eigenvalue weighted by molar-refractivity contribution is -0.391. The standard InChI is InChI=1S/C42H68N2/c1-4-7-10-11-12-13-14-15-16-17-18-19-20-21-22-23-27-42-41-26-24-25-38(40(41)32-33-43-42)36-37-28-30-39(31-29-37)44(34-8-5-2)35-9-6-3/h28-33,36H,4-27,34-35H2,1-3H3/p+1/b38-36+. The zero-order chi connectivity index (χ0) is 31.1. The second-order valence-electron chi connectivity index (χ2n) is 13.7. The van der Waals surface area contributed by atoms with E-state index in [0.717, 1.165) is 0 Å². The van der Waals surface area contributed by atoms with Crippen molar-refractivity contribution < 1.29 is 4.98 Å². The summed E-state index contributed by atoms with van der Waals surface area (Å²) in [6.45, 7) is 9.23. The van der Waals surface area contributed by atoms with E-state index in [4.69, 9.17) is 0 Å². The molecular formula is C42H69N2+. The maximum absolute atomic E-state index is 3.65. The van der Waals surface area contributed by atoms with Crippen molar-refractivity contribution in [2.75, 3.05) is 18.0 Å². The number of benzene rings is 1. The van der Waals surface area contributed by atoms with Crippen molar-refractivity contribution in [3.8, 4) is 0 Å². The van der Waals surface area contributed by atoms with E-state index in [2.05, 4.69) is 73.3 Å². The zero-order valence-corrected chi connectivity index (χ0v) is 29.4. The van der Waals surface area contributed by atoms with Crippen LogP contribution in [0.4, 0.5) is 5.69 Å². The Morgan fingerprint density at radius 3 is 1.66 bits per heavy atom. The van der Waals surface area contributed by atoms with Gasteiger partial charge in [-0.15, -0.1) is 0 Å². The van der Waals surface area contributed by atoms with Crippen LogP contribution in [0.2, 0.25) is 0 Å². The van der Waals surface area contributed by atoms with Crippen LogP contribution in [-0.2, 0) is 12.8 Å². The highest BCUT2D eigenvalue weighted by Gasteiger charge is 2.21. The van der Waals surface area contributed by atoms with Gasteiger partial charge in [0.1, 0.15) is 0 Å². The summed E-state index contributed by atoms with van der Waals surface area (Å²) in [5.41, 5.74) is 8.83. The average molecular weight is 602 g/mol. The molecule has 44 heavy (non-hydrogen) atoms. The zero-order valence-electron chi connectivity index (χ0n) is 29.4. The van der Waals surface area contributed by atoms with Gasteiger partial charge in [0.2, 0.25) is 0 Å². The second kappa shape index (κ2) is 23.3. The van der Waals surface area contributed by atoms with Gasteiger partial charge in [0, 0.05) is 36.8 Å². The van der Waals surface area contributed by atoms with E-state index in [9.17, 15) is 0 Å². The number of pyridine rings is 1. The molecule has 0 saturated heterocycles. The Morgan fingerprint density at radius 1 is 0.591 bits per heavy atom. The van der Waals surface area contributed by atoms with Crippen molar-refractivity contribution >= 4 is 17.3 Å². The minimum absolute atomic E-state index is 1.17. The molecule has 1 aromatic carbocycles. The van der Waals surface area contributed by atoms with E-state index in [1.54, 1.807) is 5.56 Å². The number of hydrogen-bond acceptors (Lipinski definition) is 1. The topological polar surface area (TPSA) is 17.4 Å².